The van der Waals surface area contributed by atoms with E-state index in [1.54, 1.807) is 0 Å². The van der Waals surface area contributed by atoms with Crippen molar-refractivity contribution < 1.29 is 14.4 Å². The van der Waals surface area contributed by atoms with E-state index in [0.717, 1.165) is 16.8 Å². The highest BCUT2D eigenvalue weighted by Crippen LogP contribution is 2.26. The van der Waals surface area contributed by atoms with Crippen molar-refractivity contribution in [2.45, 2.75) is 45.7 Å². The van der Waals surface area contributed by atoms with E-state index in [4.69, 9.17) is 5.73 Å². The van der Waals surface area contributed by atoms with Gasteiger partial charge in [-0.1, -0.05) is 26.0 Å². The van der Waals surface area contributed by atoms with E-state index in [-0.39, 0.29) is 36.2 Å². The van der Waals surface area contributed by atoms with Crippen LogP contribution in [0.15, 0.2) is 18.2 Å². The van der Waals surface area contributed by atoms with Gasteiger partial charge < -0.3 is 21.7 Å². The molecule has 0 bridgehead atoms. The van der Waals surface area contributed by atoms with Gasteiger partial charge in [0, 0.05) is 12.1 Å². The highest BCUT2D eigenvalue weighted by atomic mass is 16.2. The maximum atomic E-state index is 12.0. The molecule has 7 heteroatoms. The van der Waals surface area contributed by atoms with Gasteiger partial charge in [-0.3, -0.25) is 14.4 Å². The second-order valence-corrected chi connectivity index (χ2v) is 6.74. The maximum Gasteiger partial charge on any atom is 0.239 e. The zero-order chi connectivity index (χ0) is 18.6. The van der Waals surface area contributed by atoms with Crippen LogP contribution in [0.1, 0.15) is 44.4 Å². The third-order valence-corrected chi connectivity index (χ3v) is 4.35. The van der Waals surface area contributed by atoms with Gasteiger partial charge in [-0.25, -0.2) is 0 Å². The Morgan fingerprint density at radius 3 is 2.64 bits per heavy atom. The van der Waals surface area contributed by atoms with Gasteiger partial charge >= 0.3 is 0 Å². The fourth-order valence-corrected chi connectivity index (χ4v) is 2.64. The quantitative estimate of drug-likeness (QED) is 0.611. The Balaban J connectivity index is 1.89. The normalized spacial score (nSPS) is 15.8. The van der Waals surface area contributed by atoms with Crippen molar-refractivity contribution in [1.82, 2.24) is 10.6 Å². The lowest BCUT2D eigenvalue weighted by atomic mass is 9.98. The van der Waals surface area contributed by atoms with Crippen LogP contribution in [0.25, 0.3) is 0 Å². The topological polar surface area (TPSA) is 113 Å². The number of hydrogen-bond acceptors (Lipinski definition) is 4. The Morgan fingerprint density at radius 1 is 1.24 bits per heavy atom. The molecule has 0 radical (unpaired) electrons. The molecule has 0 aliphatic carbocycles. The minimum atomic E-state index is -0.624. The summed E-state index contributed by atoms with van der Waals surface area (Å²) >= 11 is 0. The molecule has 1 aliphatic heterocycles. The third-order valence-electron chi connectivity index (χ3n) is 4.35. The number of benzene rings is 1. The minimum Gasteiger partial charge on any atom is -0.348 e. The molecular formula is C18H26N4O3. The molecule has 1 aromatic rings. The van der Waals surface area contributed by atoms with Gasteiger partial charge in [0.2, 0.25) is 17.7 Å². The number of fused-ring (bicyclic) bond motifs is 1. The zero-order valence-electron chi connectivity index (χ0n) is 14.9. The molecule has 1 aliphatic rings. The van der Waals surface area contributed by atoms with Crippen molar-refractivity contribution in [3.05, 3.63) is 29.3 Å². The third kappa shape index (κ3) is 5.03. The largest absolute Gasteiger partial charge is 0.348 e. The first kappa shape index (κ1) is 18.9. The molecular weight excluding hydrogens is 320 g/mol. The first-order chi connectivity index (χ1) is 11.8. The van der Waals surface area contributed by atoms with Crippen LogP contribution < -0.4 is 21.7 Å². The van der Waals surface area contributed by atoms with E-state index in [9.17, 15) is 14.4 Å². The molecule has 0 fully saturated rings. The summed E-state index contributed by atoms with van der Waals surface area (Å²) in [5.41, 5.74) is 8.58. The molecule has 1 aromatic carbocycles. The first-order valence-electron chi connectivity index (χ1n) is 8.53. The second kappa shape index (κ2) is 8.11. The average Bonchev–Trinajstić information content (AvgIpc) is 2.58. The fraction of sp³-hybridized carbons (Fsp3) is 0.500. The van der Waals surface area contributed by atoms with Crippen LogP contribution in [0, 0.1) is 5.92 Å². The number of amides is 3. The van der Waals surface area contributed by atoms with Gasteiger partial charge in [-0.15, -0.1) is 0 Å². The van der Waals surface area contributed by atoms with Crippen molar-refractivity contribution in [3.63, 3.8) is 0 Å². The summed E-state index contributed by atoms with van der Waals surface area (Å²) in [7, 11) is 0. The summed E-state index contributed by atoms with van der Waals surface area (Å²) in [5.74, 6) is -0.569. The second-order valence-electron chi connectivity index (χ2n) is 6.74. The summed E-state index contributed by atoms with van der Waals surface area (Å²) in [4.78, 5) is 35.2. The van der Waals surface area contributed by atoms with E-state index in [1.165, 1.54) is 0 Å². The summed E-state index contributed by atoms with van der Waals surface area (Å²) in [5, 5.41) is 8.24. The zero-order valence-corrected chi connectivity index (χ0v) is 14.9. The Labute approximate surface area is 147 Å². The number of anilines is 1. The SMILES string of the molecule is CC(NC(=O)CNC(=O)[C@@H](N)C(C)C)c1ccc2c(c1)CCC(=O)N2. The standard InChI is InChI=1S/C18H26N4O3/c1-10(2)17(19)18(25)20-9-16(24)21-11(3)12-4-6-14-13(8-12)5-7-15(23)22-14/h4,6,8,10-11,17H,5,7,9,19H2,1-3H3,(H,20,25)(H,21,24)(H,22,23)/t11?,17-/m0/s1. The average molecular weight is 346 g/mol. The summed E-state index contributed by atoms with van der Waals surface area (Å²) in [6.45, 7) is 5.48. The summed E-state index contributed by atoms with van der Waals surface area (Å²) in [6, 6.07) is 4.90. The van der Waals surface area contributed by atoms with Crippen LogP contribution >= 0.6 is 0 Å². The van der Waals surface area contributed by atoms with Crippen LogP contribution in [-0.4, -0.2) is 30.3 Å². The number of carbonyl (C=O) groups excluding carboxylic acids is 3. The molecule has 3 amide bonds. The number of nitrogens with one attached hydrogen (secondary N) is 3. The highest BCUT2D eigenvalue weighted by molar-refractivity contribution is 5.94. The van der Waals surface area contributed by atoms with Gasteiger partial charge in [-0.2, -0.15) is 0 Å². The van der Waals surface area contributed by atoms with Gasteiger partial charge in [0.05, 0.1) is 18.6 Å². The molecule has 2 atom stereocenters. The number of aryl methyl sites for hydroxylation is 1. The lowest BCUT2D eigenvalue weighted by Gasteiger charge is -2.21. The maximum absolute atomic E-state index is 12.0. The Morgan fingerprint density at radius 2 is 1.96 bits per heavy atom. The van der Waals surface area contributed by atoms with E-state index in [2.05, 4.69) is 16.0 Å². The van der Waals surface area contributed by atoms with Crippen molar-refractivity contribution in [3.8, 4) is 0 Å². The highest BCUT2D eigenvalue weighted by Gasteiger charge is 2.19. The number of hydrogen-bond donors (Lipinski definition) is 4. The summed E-state index contributed by atoms with van der Waals surface area (Å²) < 4.78 is 0. The van der Waals surface area contributed by atoms with E-state index >= 15 is 0 Å². The first-order valence-corrected chi connectivity index (χ1v) is 8.53. The predicted octanol–water partition coefficient (Wildman–Crippen LogP) is 0.848. The lowest BCUT2D eigenvalue weighted by Crippen LogP contribution is -2.47. The van der Waals surface area contributed by atoms with Gasteiger partial charge in [0.15, 0.2) is 0 Å². The number of rotatable bonds is 6. The predicted molar refractivity (Wildman–Crippen MR) is 95.8 cm³/mol. The number of nitrogens with two attached hydrogens (primary N) is 1. The molecule has 25 heavy (non-hydrogen) atoms. The van der Waals surface area contributed by atoms with Gasteiger partial charge in [0.1, 0.15) is 0 Å². The van der Waals surface area contributed by atoms with Crippen molar-refractivity contribution in [2.24, 2.45) is 11.7 Å². The van der Waals surface area contributed by atoms with Crippen LogP contribution in [0.3, 0.4) is 0 Å². The molecule has 0 saturated heterocycles. The molecule has 0 aromatic heterocycles. The van der Waals surface area contributed by atoms with Crippen LogP contribution in [0.2, 0.25) is 0 Å². The lowest BCUT2D eigenvalue weighted by molar-refractivity contribution is -0.127. The van der Waals surface area contributed by atoms with Crippen molar-refractivity contribution in [2.75, 3.05) is 11.9 Å². The fourth-order valence-electron chi connectivity index (χ4n) is 2.64. The molecule has 0 saturated carbocycles. The smallest absolute Gasteiger partial charge is 0.239 e. The van der Waals surface area contributed by atoms with Gasteiger partial charge in [0.25, 0.3) is 0 Å². The van der Waals surface area contributed by atoms with E-state index in [0.29, 0.717) is 12.8 Å². The van der Waals surface area contributed by atoms with Crippen LogP contribution in [0.5, 0.6) is 0 Å². The Kier molecular flexibility index (Phi) is 6.14. The van der Waals surface area contributed by atoms with Crippen molar-refractivity contribution >= 4 is 23.4 Å². The molecule has 1 heterocycles. The van der Waals surface area contributed by atoms with Crippen LogP contribution in [0.4, 0.5) is 5.69 Å². The Bertz CT molecular complexity index is 672. The molecule has 1 unspecified atom stereocenters. The van der Waals surface area contributed by atoms with Crippen LogP contribution in [-0.2, 0) is 20.8 Å². The molecule has 7 nitrogen and oxygen atoms in total. The Hall–Kier alpha value is -2.41. The molecule has 0 spiro atoms. The van der Waals surface area contributed by atoms with E-state index < -0.39 is 6.04 Å². The monoisotopic (exact) mass is 346 g/mol. The molecule has 136 valence electrons. The minimum absolute atomic E-state index is 0.0120. The molecule has 5 N–H and O–H groups in total. The number of carbonyl (C=O) groups is 3. The van der Waals surface area contributed by atoms with Gasteiger partial charge in [-0.05, 0) is 36.5 Å². The van der Waals surface area contributed by atoms with Crippen molar-refractivity contribution in [1.29, 1.82) is 0 Å². The van der Waals surface area contributed by atoms with E-state index in [1.807, 2.05) is 39.0 Å². The summed E-state index contributed by atoms with van der Waals surface area (Å²) in [6.07, 6.45) is 1.16. The molecule has 2 rings (SSSR count).